The number of sulfonamides is 2. The zero-order valence-corrected chi connectivity index (χ0v) is 17.8. The van der Waals surface area contributed by atoms with Crippen LogP contribution in [0.25, 0.3) is 0 Å². The van der Waals surface area contributed by atoms with Crippen molar-refractivity contribution in [2.75, 3.05) is 32.4 Å². The molecule has 27 heavy (non-hydrogen) atoms. The summed E-state index contributed by atoms with van der Waals surface area (Å²) in [5, 5.41) is 0.411. The number of carbonyl (C=O) groups is 1. The molecular formula is C16H24ClN3O5S2. The van der Waals surface area contributed by atoms with E-state index in [0.717, 1.165) is 6.26 Å². The molecule has 2 rings (SSSR count). The quantitative estimate of drug-likeness (QED) is 0.707. The van der Waals surface area contributed by atoms with E-state index >= 15 is 0 Å². The Morgan fingerprint density at radius 3 is 2.00 bits per heavy atom. The summed E-state index contributed by atoms with van der Waals surface area (Å²) in [4.78, 5) is 14.4. The highest BCUT2D eigenvalue weighted by Gasteiger charge is 2.34. The molecule has 8 nitrogen and oxygen atoms in total. The number of nitrogens with one attached hydrogen (secondary N) is 1. The Labute approximate surface area is 165 Å². The zero-order valence-electron chi connectivity index (χ0n) is 15.4. The molecule has 0 unspecified atom stereocenters. The van der Waals surface area contributed by atoms with Crippen molar-refractivity contribution >= 4 is 37.6 Å². The molecule has 1 atom stereocenters. The van der Waals surface area contributed by atoms with Crippen molar-refractivity contribution in [3.63, 3.8) is 0 Å². The molecule has 0 aliphatic carbocycles. The summed E-state index contributed by atoms with van der Waals surface area (Å²) >= 11 is 5.79. The lowest BCUT2D eigenvalue weighted by molar-refractivity contribution is -0.135. The van der Waals surface area contributed by atoms with E-state index in [0.29, 0.717) is 5.02 Å². The van der Waals surface area contributed by atoms with Crippen molar-refractivity contribution in [2.24, 2.45) is 5.92 Å². The van der Waals surface area contributed by atoms with Gasteiger partial charge < -0.3 is 4.90 Å². The molecule has 1 fully saturated rings. The van der Waals surface area contributed by atoms with Gasteiger partial charge in [-0.3, -0.25) is 4.79 Å². The predicted molar refractivity (Wildman–Crippen MR) is 103 cm³/mol. The molecule has 11 heteroatoms. The van der Waals surface area contributed by atoms with Crippen molar-refractivity contribution in [2.45, 2.75) is 24.8 Å². The van der Waals surface area contributed by atoms with Crippen molar-refractivity contribution in [3.05, 3.63) is 29.3 Å². The number of piperazine rings is 1. The van der Waals surface area contributed by atoms with Crippen LogP contribution in [-0.2, 0) is 24.8 Å². The van der Waals surface area contributed by atoms with Gasteiger partial charge in [0.2, 0.25) is 26.0 Å². The van der Waals surface area contributed by atoms with Crippen LogP contribution in [-0.4, -0.2) is 70.4 Å². The smallest absolute Gasteiger partial charge is 0.241 e. The van der Waals surface area contributed by atoms with Gasteiger partial charge in [0.25, 0.3) is 0 Å². The second-order valence-corrected chi connectivity index (χ2v) is 10.9. The molecule has 1 saturated heterocycles. The van der Waals surface area contributed by atoms with Crippen LogP contribution in [0.4, 0.5) is 0 Å². The topological polar surface area (TPSA) is 104 Å². The van der Waals surface area contributed by atoms with Crippen molar-refractivity contribution in [3.8, 4) is 0 Å². The van der Waals surface area contributed by atoms with E-state index in [1.54, 1.807) is 13.8 Å². The summed E-state index contributed by atoms with van der Waals surface area (Å²) in [6.45, 7) is 4.33. The summed E-state index contributed by atoms with van der Waals surface area (Å²) in [5.41, 5.74) is 0. The zero-order chi connectivity index (χ0) is 20.4. The third-order valence-corrected chi connectivity index (χ3v) is 7.37. The van der Waals surface area contributed by atoms with Crippen LogP contribution in [0.1, 0.15) is 13.8 Å². The molecule has 1 heterocycles. The molecule has 152 valence electrons. The molecule has 1 N–H and O–H groups in total. The highest BCUT2D eigenvalue weighted by Crippen LogP contribution is 2.17. The third kappa shape index (κ3) is 5.64. The van der Waals surface area contributed by atoms with Gasteiger partial charge in [-0.05, 0) is 30.2 Å². The van der Waals surface area contributed by atoms with Crippen LogP contribution in [0, 0.1) is 5.92 Å². The van der Waals surface area contributed by atoms with Gasteiger partial charge in [-0.2, -0.15) is 9.03 Å². The fourth-order valence-electron chi connectivity index (χ4n) is 2.76. The maximum atomic E-state index is 12.9. The van der Waals surface area contributed by atoms with Crippen LogP contribution >= 0.6 is 11.6 Å². The first-order valence-electron chi connectivity index (χ1n) is 8.43. The van der Waals surface area contributed by atoms with Crippen LogP contribution in [0.3, 0.4) is 0 Å². The number of hydrogen-bond donors (Lipinski definition) is 1. The molecule has 1 aromatic rings. The lowest BCUT2D eigenvalue weighted by Crippen LogP contribution is -2.56. The minimum Gasteiger partial charge on any atom is -0.339 e. The number of nitrogens with zero attached hydrogens (tertiary/aromatic N) is 2. The minimum atomic E-state index is -3.90. The van der Waals surface area contributed by atoms with E-state index in [2.05, 4.69) is 4.72 Å². The monoisotopic (exact) mass is 437 g/mol. The standard InChI is InChI=1S/C16H24ClN3O5S2/c1-12(2)15(18-27(24,25)14-6-4-13(17)5-7-14)16(21)19-8-10-20(11-9-19)26(3,22)23/h4-7,12,15,18H,8-11H2,1-3H3/t15-/m0/s1. The van der Waals surface area contributed by atoms with Crippen LogP contribution in [0.5, 0.6) is 0 Å². The van der Waals surface area contributed by atoms with Gasteiger partial charge in [0.1, 0.15) is 6.04 Å². The Kier molecular flexibility index (Phi) is 6.91. The second-order valence-electron chi connectivity index (χ2n) is 6.78. The molecule has 0 spiro atoms. The van der Waals surface area contributed by atoms with Gasteiger partial charge in [0, 0.05) is 31.2 Å². The van der Waals surface area contributed by atoms with E-state index in [-0.39, 0.29) is 42.9 Å². The third-order valence-electron chi connectivity index (χ3n) is 4.36. The van der Waals surface area contributed by atoms with Gasteiger partial charge in [0.15, 0.2) is 0 Å². The Bertz CT molecular complexity index is 877. The van der Waals surface area contributed by atoms with Crippen molar-refractivity contribution in [1.82, 2.24) is 13.9 Å². The Balaban J connectivity index is 2.13. The predicted octanol–water partition coefficient (Wildman–Crippen LogP) is 0.747. The fraction of sp³-hybridized carbons (Fsp3) is 0.562. The molecule has 0 bridgehead atoms. The molecule has 1 aromatic carbocycles. The first kappa shape index (κ1) is 22.1. The Hall–Kier alpha value is -1.20. The van der Waals surface area contributed by atoms with Gasteiger partial charge in [-0.15, -0.1) is 0 Å². The second kappa shape index (κ2) is 8.44. The van der Waals surface area contributed by atoms with E-state index < -0.39 is 26.1 Å². The van der Waals surface area contributed by atoms with Crippen molar-refractivity contribution < 1.29 is 21.6 Å². The summed E-state index contributed by atoms with van der Waals surface area (Å²) in [7, 11) is -7.21. The Morgan fingerprint density at radius 1 is 1.04 bits per heavy atom. The first-order chi connectivity index (χ1) is 12.4. The average molecular weight is 438 g/mol. The summed E-state index contributed by atoms with van der Waals surface area (Å²) in [5.74, 6) is -0.650. The lowest BCUT2D eigenvalue weighted by atomic mass is 10.0. The molecule has 0 aromatic heterocycles. The van der Waals surface area contributed by atoms with E-state index in [9.17, 15) is 21.6 Å². The van der Waals surface area contributed by atoms with Gasteiger partial charge in [-0.25, -0.2) is 16.8 Å². The number of halogens is 1. The SMILES string of the molecule is CC(C)[C@H](NS(=O)(=O)c1ccc(Cl)cc1)C(=O)N1CCN(S(C)(=O)=O)CC1. The number of hydrogen-bond acceptors (Lipinski definition) is 5. The highest BCUT2D eigenvalue weighted by atomic mass is 35.5. The maximum Gasteiger partial charge on any atom is 0.241 e. The maximum absolute atomic E-state index is 12.9. The molecule has 1 aliphatic rings. The lowest BCUT2D eigenvalue weighted by Gasteiger charge is -2.36. The highest BCUT2D eigenvalue weighted by molar-refractivity contribution is 7.89. The minimum absolute atomic E-state index is 0.0206. The first-order valence-corrected chi connectivity index (χ1v) is 12.1. The van der Waals surface area contributed by atoms with Gasteiger partial charge in [0.05, 0.1) is 11.2 Å². The Morgan fingerprint density at radius 2 is 1.56 bits per heavy atom. The number of benzene rings is 1. The largest absolute Gasteiger partial charge is 0.339 e. The van der Waals surface area contributed by atoms with E-state index in [1.165, 1.54) is 33.5 Å². The summed E-state index contributed by atoms with van der Waals surface area (Å²) in [6.07, 6.45) is 1.13. The number of rotatable bonds is 6. The average Bonchev–Trinajstić information content (AvgIpc) is 2.58. The summed E-state index contributed by atoms with van der Waals surface area (Å²) < 4.78 is 52.2. The normalized spacial score (nSPS) is 17.9. The molecule has 0 saturated carbocycles. The fourth-order valence-corrected chi connectivity index (χ4v) is 5.05. The number of carbonyl (C=O) groups excluding carboxylic acids is 1. The van der Waals surface area contributed by atoms with E-state index in [4.69, 9.17) is 11.6 Å². The molecule has 1 amide bonds. The summed E-state index contributed by atoms with van der Waals surface area (Å²) in [6, 6.07) is 4.73. The molecular weight excluding hydrogens is 414 g/mol. The van der Waals surface area contributed by atoms with Crippen LogP contribution in [0.15, 0.2) is 29.2 Å². The molecule has 1 aliphatic heterocycles. The van der Waals surface area contributed by atoms with Gasteiger partial charge in [-0.1, -0.05) is 25.4 Å². The van der Waals surface area contributed by atoms with Crippen molar-refractivity contribution in [1.29, 1.82) is 0 Å². The number of amides is 1. The molecule has 0 radical (unpaired) electrons. The van der Waals surface area contributed by atoms with Crippen LogP contribution < -0.4 is 4.72 Å². The van der Waals surface area contributed by atoms with Gasteiger partial charge >= 0.3 is 0 Å². The van der Waals surface area contributed by atoms with E-state index in [1.807, 2.05) is 0 Å². The van der Waals surface area contributed by atoms with Crippen LogP contribution in [0.2, 0.25) is 5.02 Å².